The molecule has 0 aromatic heterocycles. The number of hydrogen-bond donors (Lipinski definition) is 0. The van der Waals surface area contributed by atoms with Gasteiger partial charge >= 0.3 is 0 Å². The van der Waals surface area contributed by atoms with Gasteiger partial charge in [-0.1, -0.05) is 74.0 Å². The SMILES string of the molecule is C.C.C=C(C)C1CCCCC1.CC.CC.[Ar]. The van der Waals surface area contributed by atoms with Gasteiger partial charge in [-0.05, 0) is 25.7 Å². The first-order valence-electron chi connectivity index (χ1n) is 5.96. The third-order valence-electron chi connectivity index (χ3n) is 2.30. The summed E-state index contributed by atoms with van der Waals surface area (Å²) in [5.41, 5.74) is 1.40. The maximum absolute atomic E-state index is 3.98. The summed E-state index contributed by atoms with van der Waals surface area (Å²) in [7, 11) is 0. The summed E-state index contributed by atoms with van der Waals surface area (Å²) in [6.45, 7) is 14.1. The predicted molar refractivity (Wildman–Crippen MR) is 77.5 cm³/mol. The van der Waals surface area contributed by atoms with Crippen molar-refractivity contribution in [3.63, 3.8) is 0 Å². The molecule has 0 N–H and O–H groups in total. The maximum atomic E-state index is 3.98. The topological polar surface area (TPSA) is 0 Å². The van der Waals surface area contributed by atoms with Crippen molar-refractivity contribution in [2.45, 2.75) is 81.6 Å². The van der Waals surface area contributed by atoms with Crippen molar-refractivity contribution in [1.82, 2.24) is 0 Å². The molecule has 1 fully saturated rings. The van der Waals surface area contributed by atoms with Gasteiger partial charge in [-0.15, -0.1) is 0 Å². The zero-order chi connectivity index (χ0) is 10.7. The van der Waals surface area contributed by atoms with E-state index in [0.29, 0.717) is 0 Å². The fourth-order valence-corrected chi connectivity index (χ4v) is 1.60. The smallest absolute Gasteiger partial charge is 0 e. The second-order valence-electron chi connectivity index (χ2n) is 3.18. The van der Waals surface area contributed by atoms with Crippen molar-refractivity contribution in [2.75, 3.05) is 0 Å². The molecular weight excluding hydrogens is 220 g/mol. The molecule has 0 heterocycles. The Labute approximate surface area is 136 Å². The van der Waals surface area contributed by atoms with Crippen LogP contribution in [-0.2, 0) is 0 Å². The average molecular weight is 256 g/mol. The monoisotopic (exact) mass is 256 g/mol. The van der Waals surface area contributed by atoms with Crippen molar-refractivity contribution in [1.29, 1.82) is 0 Å². The molecule has 1 heteroatoms. The van der Waals surface area contributed by atoms with E-state index in [9.17, 15) is 0 Å². The quantitative estimate of drug-likeness (QED) is 0.472. The van der Waals surface area contributed by atoms with Gasteiger partial charge in [0.25, 0.3) is 0 Å². The summed E-state index contributed by atoms with van der Waals surface area (Å²) in [4.78, 5) is 0. The van der Waals surface area contributed by atoms with Crippen molar-refractivity contribution in [3.05, 3.63) is 12.2 Å². The number of hydrogen-bond acceptors (Lipinski definition) is 0. The molecule has 0 atom stereocenters. The van der Waals surface area contributed by atoms with E-state index in [0.717, 1.165) is 5.92 Å². The summed E-state index contributed by atoms with van der Waals surface area (Å²) in [6, 6.07) is 0. The van der Waals surface area contributed by atoms with Crippen LogP contribution in [0.2, 0.25) is 0 Å². The average Bonchev–Trinajstić information content (AvgIpc) is 2.25. The Hall–Kier alpha value is 1.000. The first kappa shape index (κ1) is 30.2. The molecule has 0 spiro atoms. The van der Waals surface area contributed by atoms with Crippen LogP contribution in [0.1, 0.15) is 81.6 Å². The minimum atomic E-state index is 0. The van der Waals surface area contributed by atoms with Gasteiger partial charge in [0, 0.05) is 37.7 Å². The predicted octanol–water partition coefficient (Wildman–Crippen LogP) is 6.47. The van der Waals surface area contributed by atoms with E-state index in [-0.39, 0.29) is 52.6 Å². The molecule has 1 rings (SSSR count). The molecule has 104 valence electrons. The van der Waals surface area contributed by atoms with Crippen LogP contribution in [0, 0.1) is 43.7 Å². The van der Waals surface area contributed by atoms with Crippen molar-refractivity contribution < 1.29 is 37.7 Å². The van der Waals surface area contributed by atoms with Gasteiger partial charge in [-0.3, -0.25) is 0 Å². The molecule has 0 radical (unpaired) electrons. The van der Waals surface area contributed by atoms with Gasteiger partial charge in [0.15, 0.2) is 0 Å². The second-order valence-corrected chi connectivity index (χ2v) is 3.18. The van der Waals surface area contributed by atoms with Crippen LogP contribution >= 0.6 is 0 Å². The Morgan fingerprint density at radius 3 is 1.38 bits per heavy atom. The van der Waals surface area contributed by atoms with Gasteiger partial charge in [-0.25, -0.2) is 0 Å². The third kappa shape index (κ3) is 17.4. The number of rotatable bonds is 1. The minimum Gasteiger partial charge on any atom is -0.0999 e. The summed E-state index contributed by atoms with van der Waals surface area (Å²) >= 11 is 0. The van der Waals surface area contributed by atoms with Gasteiger partial charge in [0.2, 0.25) is 0 Å². The van der Waals surface area contributed by atoms with E-state index in [4.69, 9.17) is 0 Å². The van der Waals surface area contributed by atoms with Crippen LogP contribution in [0.3, 0.4) is 0 Å². The summed E-state index contributed by atoms with van der Waals surface area (Å²) in [6.07, 6.45) is 7.10. The van der Waals surface area contributed by atoms with Gasteiger partial charge < -0.3 is 0 Å². The maximum Gasteiger partial charge on any atom is 0 e. The normalized spacial score (nSPS) is 13.1. The second kappa shape index (κ2) is 25.0. The Kier molecular flexibility index (Phi) is 47.2. The standard InChI is InChI=1S/C9H16.2C2H6.2CH4.Ar/c1-8(2)9-6-4-3-5-7-9;2*1-2;;;/h9H,1,3-7H2,2H3;2*1-2H3;2*1H4;. The molecule has 0 aliphatic heterocycles. The largest absolute Gasteiger partial charge is 0.0999 e. The third-order valence-corrected chi connectivity index (χ3v) is 2.30. The summed E-state index contributed by atoms with van der Waals surface area (Å²) < 4.78 is 0. The Morgan fingerprint density at radius 2 is 1.19 bits per heavy atom. The van der Waals surface area contributed by atoms with Crippen molar-refractivity contribution in [2.24, 2.45) is 5.92 Å². The Balaban J connectivity index is -0.0000000524. The molecule has 0 aromatic rings. The van der Waals surface area contributed by atoms with Crippen LogP contribution in [-0.4, -0.2) is 0 Å². The van der Waals surface area contributed by atoms with Crippen molar-refractivity contribution in [3.8, 4) is 0 Å². The van der Waals surface area contributed by atoms with Crippen LogP contribution in [0.5, 0.6) is 0 Å². The minimum absolute atomic E-state index is 0. The van der Waals surface area contributed by atoms with E-state index in [1.54, 1.807) is 0 Å². The van der Waals surface area contributed by atoms with E-state index in [1.807, 2.05) is 27.7 Å². The molecule has 0 aromatic carbocycles. The van der Waals surface area contributed by atoms with Crippen LogP contribution in [0.15, 0.2) is 12.2 Å². The van der Waals surface area contributed by atoms with Crippen LogP contribution < -0.4 is 0 Å². The molecular formula is C15H36Ar. The molecule has 1 saturated carbocycles. The van der Waals surface area contributed by atoms with Crippen LogP contribution in [0.25, 0.3) is 0 Å². The van der Waals surface area contributed by atoms with E-state index in [1.165, 1.54) is 37.7 Å². The molecule has 0 amide bonds. The van der Waals surface area contributed by atoms with E-state index >= 15 is 0 Å². The first-order chi connectivity index (χ1) is 6.30. The molecule has 0 nitrogen and oxygen atoms in total. The van der Waals surface area contributed by atoms with Gasteiger partial charge in [0.1, 0.15) is 0 Å². The molecule has 0 unspecified atom stereocenters. The van der Waals surface area contributed by atoms with Gasteiger partial charge in [0.05, 0.1) is 0 Å². The molecule has 0 saturated heterocycles. The van der Waals surface area contributed by atoms with Gasteiger partial charge in [-0.2, -0.15) is 0 Å². The van der Waals surface area contributed by atoms with Crippen LogP contribution in [0.4, 0.5) is 0 Å². The fourth-order valence-electron chi connectivity index (χ4n) is 1.60. The summed E-state index contributed by atoms with van der Waals surface area (Å²) in [5.74, 6) is 0.860. The Morgan fingerprint density at radius 1 is 0.875 bits per heavy atom. The molecule has 16 heavy (non-hydrogen) atoms. The van der Waals surface area contributed by atoms with E-state index in [2.05, 4.69) is 13.5 Å². The van der Waals surface area contributed by atoms with Crippen molar-refractivity contribution >= 4 is 0 Å². The summed E-state index contributed by atoms with van der Waals surface area (Å²) in [5, 5.41) is 0. The number of allylic oxidation sites excluding steroid dienone is 1. The fraction of sp³-hybridized carbons (Fsp3) is 0.867. The molecule has 1 aliphatic carbocycles. The molecule has 0 bridgehead atoms. The first-order valence-corrected chi connectivity index (χ1v) is 5.96. The molecule has 1 aliphatic rings. The van der Waals surface area contributed by atoms with E-state index < -0.39 is 0 Å². The zero-order valence-electron chi connectivity index (χ0n) is 10.7. The zero-order valence-corrected chi connectivity index (χ0v) is 11.4. The Bertz CT molecular complexity index is 102.